The molecule has 2 aliphatic carbocycles. The monoisotopic (exact) mass is 435 g/mol. The average molecular weight is 435 g/mol. The molecule has 0 fully saturated rings. The number of benzene rings is 5. The van der Waals surface area contributed by atoms with Gasteiger partial charge in [-0.3, -0.25) is 9.59 Å². The zero-order valence-electron chi connectivity index (χ0n) is 18.1. The molecule has 3 nitrogen and oxygen atoms in total. The van der Waals surface area contributed by atoms with Crippen molar-refractivity contribution in [3.8, 4) is 0 Å². The van der Waals surface area contributed by atoms with E-state index in [1.807, 2.05) is 78.9 Å². The lowest BCUT2D eigenvalue weighted by atomic mass is 9.64. The van der Waals surface area contributed by atoms with Crippen molar-refractivity contribution in [1.29, 1.82) is 0 Å². The summed E-state index contributed by atoms with van der Waals surface area (Å²) in [5.41, 5.74) is 4.94. The number of rotatable bonds is 0. The van der Waals surface area contributed by atoms with Crippen LogP contribution in [0, 0.1) is 0 Å². The van der Waals surface area contributed by atoms with E-state index in [2.05, 4.69) is 23.5 Å². The molecule has 158 valence electrons. The van der Waals surface area contributed by atoms with Crippen LogP contribution < -0.4 is 5.32 Å². The minimum Gasteiger partial charge on any atom is -0.354 e. The summed E-state index contributed by atoms with van der Waals surface area (Å²) in [6.45, 7) is 0. The van der Waals surface area contributed by atoms with E-state index in [9.17, 15) is 9.59 Å². The predicted octanol–water partition coefficient (Wildman–Crippen LogP) is 6.51. The lowest BCUT2D eigenvalue weighted by molar-refractivity contribution is 0.0911. The van der Waals surface area contributed by atoms with E-state index >= 15 is 0 Å². The first-order valence-electron chi connectivity index (χ1n) is 11.5. The van der Waals surface area contributed by atoms with Crippen molar-refractivity contribution in [2.24, 2.45) is 0 Å². The number of fused-ring (bicyclic) bond motifs is 8. The number of ketones is 2. The Kier molecular flexibility index (Phi) is 3.11. The van der Waals surface area contributed by atoms with Gasteiger partial charge in [-0.15, -0.1) is 0 Å². The molecule has 0 saturated heterocycles. The molecule has 0 aromatic heterocycles. The van der Waals surface area contributed by atoms with Gasteiger partial charge in [0.25, 0.3) is 0 Å². The molecule has 3 aliphatic rings. The molecule has 5 aromatic carbocycles. The second-order valence-corrected chi connectivity index (χ2v) is 9.25. The second kappa shape index (κ2) is 5.89. The Morgan fingerprint density at radius 2 is 1.32 bits per heavy atom. The summed E-state index contributed by atoms with van der Waals surface area (Å²) < 4.78 is 0. The predicted molar refractivity (Wildman–Crippen MR) is 134 cm³/mol. The van der Waals surface area contributed by atoms with Crippen LogP contribution in [0.15, 0.2) is 103 Å². The van der Waals surface area contributed by atoms with E-state index in [-0.39, 0.29) is 11.6 Å². The van der Waals surface area contributed by atoms with Crippen molar-refractivity contribution < 1.29 is 9.59 Å². The van der Waals surface area contributed by atoms with Crippen LogP contribution in [-0.4, -0.2) is 11.6 Å². The van der Waals surface area contributed by atoms with Gasteiger partial charge in [-0.25, -0.2) is 0 Å². The Bertz CT molecular complexity index is 1820. The molecule has 8 rings (SSSR count). The number of allylic oxidation sites excluding steroid dienone is 1. The Morgan fingerprint density at radius 1 is 0.618 bits per heavy atom. The maximum Gasteiger partial charge on any atom is 0.193 e. The maximum absolute atomic E-state index is 14.7. The summed E-state index contributed by atoms with van der Waals surface area (Å²) >= 11 is 0. The first kappa shape index (κ1) is 18.0. The first-order chi connectivity index (χ1) is 16.7. The van der Waals surface area contributed by atoms with Crippen molar-refractivity contribution in [2.45, 2.75) is 5.41 Å². The summed E-state index contributed by atoms with van der Waals surface area (Å²) in [5, 5.41) is 7.58. The van der Waals surface area contributed by atoms with Crippen LogP contribution in [0.25, 0.3) is 27.2 Å². The highest BCUT2D eigenvalue weighted by molar-refractivity contribution is 6.35. The molecule has 1 aliphatic heterocycles. The van der Waals surface area contributed by atoms with Gasteiger partial charge in [0.15, 0.2) is 11.6 Å². The standard InChI is InChI=1S/C31H17NO2/c33-29-21-12-4-3-11-20(21)28-27(29)31(26-19-10-2-1-7-17(19)15-16-24(26)32-28)23-14-6-9-18-8-5-13-22(25(18)23)30(31)34/h1-16,32H. The van der Waals surface area contributed by atoms with Gasteiger partial charge in [0.05, 0.1) is 5.70 Å². The quantitative estimate of drug-likeness (QED) is 0.302. The molecule has 5 aromatic rings. The van der Waals surface area contributed by atoms with Crippen molar-refractivity contribution in [3.05, 3.63) is 130 Å². The lowest BCUT2D eigenvalue weighted by Crippen LogP contribution is -2.41. The summed E-state index contributed by atoms with van der Waals surface area (Å²) in [6.07, 6.45) is 0. The van der Waals surface area contributed by atoms with Crippen molar-refractivity contribution in [3.63, 3.8) is 0 Å². The Labute approximate surface area is 195 Å². The Hall–Kier alpha value is -4.50. The number of hydrogen-bond donors (Lipinski definition) is 1. The largest absolute Gasteiger partial charge is 0.354 e. The molecule has 1 spiro atoms. The van der Waals surface area contributed by atoms with Gasteiger partial charge in [-0.1, -0.05) is 91.0 Å². The van der Waals surface area contributed by atoms with E-state index in [0.29, 0.717) is 16.7 Å². The van der Waals surface area contributed by atoms with Gasteiger partial charge in [-0.05, 0) is 33.2 Å². The minimum absolute atomic E-state index is 0.0212. The number of Topliss-reactive ketones (excluding diaryl/α,β-unsaturated/α-hetero) is 2. The van der Waals surface area contributed by atoms with Gasteiger partial charge in [0.2, 0.25) is 0 Å². The van der Waals surface area contributed by atoms with Gasteiger partial charge >= 0.3 is 0 Å². The van der Waals surface area contributed by atoms with Crippen LogP contribution >= 0.6 is 0 Å². The van der Waals surface area contributed by atoms with E-state index in [0.717, 1.165) is 49.6 Å². The number of hydrogen-bond acceptors (Lipinski definition) is 3. The average Bonchev–Trinajstić information content (AvgIpc) is 3.31. The van der Waals surface area contributed by atoms with E-state index in [4.69, 9.17) is 0 Å². The normalized spacial score (nSPS) is 19.5. The number of carbonyl (C=O) groups excluding carboxylic acids is 2. The second-order valence-electron chi connectivity index (χ2n) is 9.25. The van der Waals surface area contributed by atoms with Crippen LogP contribution in [0.3, 0.4) is 0 Å². The lowest BCUT2D eigenvalue weighted by Gasteiger charge is -2.38. The molecule has 1 heterocycles. The summed E-state index contributed by atoms with van der Waals surface area (Å²) in [4.78, 5) is 28.8. The molecule has 3 heteroatoms. The third-order valence-electron chi connectivity index (χ3n) is 7.75. The van der Waals surface area contributed by atoms with E-state index < -0.39 is 5.41 Å². The summed E-state index contributed by atoms with van der Waals surface area (Å²) in [6, 6.07) is 31.9. The molecule has 0 amide bonds. The summed E-state index contributed by atoms with van der Waals surface area (Å²) in [5.74, 6) is -0.0955. The topological polar surface area (TPSA) is 46.2 Å². The van der Waals surface area contributed by atoms with Crippen LogP contribution in [-0.2, 0) is 5.41 Å². The van der Waals surface area contributed by atoms with Gasteiger partial charge in [0, 0.05) is 33.5 Å². The molecule has 1 unspecified atom stereocenters. The molecular formula is C31H17NO2. The highest BCUT2D eigenvalue weighted by atomic mass is 16.1. The van der Waals surface area contributed by atoms with E-state index in [1.54, 1.807) is 0 Å². The zero-order valence-corrected chi connectivity index (χ0v) is 18.1. The molecule has 0 bridgehead atoms. The highest BCUT2D eigenvalue weighted by Crippen LogP contribution is 2.60. The molecule has 0 radical (unpaired) electrons. The zero-order chi connectivity index (χ0) is 22.6. The van der Waals surface area contributed by atoms with Crippen LogP contribution in [0.2, 0.25) is 0 Å². The third kappa shape index (κ3) is 1.84. The fraction of sp³-hybridized carbons (Fsp3) is 0.0323. The fourth-order valence-electron chi connectivity index (χ4n) is 6.47. The smallest absolute Gasteiger partial charge is 0.193 e. The van der Waals surface area contributed by atoms with Gasteiger partial charge in [-0.2, -0.15) is 0 Å². The first-order valence-corrected chi connectivity index (χ1v) is 11.5. The van der Waals surface area contributed by atoms with Gasteiger partial charge in [0.1, 0.15) is 5.41 Å². The fourth-order valence-corrected chi connectivity index (χ4v) is 6.47. The van der Waals surface area contributed by atoms with Crippen molar-refractivity contribution in [2.75, 3.05) is 5.32 Å². The number of nitrogens with one attached hydrogen (secondary N) is 1. The number of carbonyl (C=O) groups is 2. The minimum atomic E-state index is -1.20. The molecule has 0 saturated carbocycles. The number of anilines is 1. The van der Waals surface area contributed by atoms with Crippen LogP contribution in [0.4, 0.5) is 5.69 Å². The summed E-state index contributed by atoms with van der Waals surface area (Å²) in [7, 11) is 0. The highest BCUT2D eigenvalue weighted by Gasteiger charge is 2.59. The van der Waals surface area contributed by atoms with Crippen molar-refractivity contribution in [1.82, 2.24) is 0 Å². The Balaban J connectivity index is 1.62. The van der Waals surface area contributed by atoms with Crippen LogP contribution in [0.5, 0.6) is 0 Å². The molecule has 1 atom stereocenters. The molecule has 1 N–H and O–H groups in total. The Morgan fingerprint density at radius 3 is 2.21 bits per heavy atom. The third-order valence-corrected chi connectivity index (χ3v) is 7.75. The molecular weight excluding hydrogens is 418 g/mol. The van der Waals surface area contributed by atoms with Gasteiger partial charge < -0.3 is 5.32 Å². The van der Waals surface area contributed by atoms with Crippen molar-refractivity contribution >= 4 is 44.5 Å². The van der Waals surface area contributed by atoms with Crippen LogP contribution in [0.1, 0.15) is 37.4 Å². The maximum atomic E-state index is 14.7. The van der Waals surface area contributed by atoms with E-state index in [1.165, 1.54) is 0 Å². The molecule has 34 heavy (non-hydrogen) atoms. The SMILES string of the molecule is O=C1C2=C(Nc3ccc4ccccc4c3C23C(=O)c2cccc4cccc3c24)c2ccccc21.